The number of hydrogen-bond donors (Lipinski definition) is 2. The number of hydrogen-bond acceptors (Lipinski definition) is 4. The van der Waals surface area contributed by atoms with Crippen LogP contribution in [-0.2, 0) is 14.8 Å². The SMILES string of the molecule is COCC(C)NS(=O)(=O)c1ccc(N)c(C)c1. The number of nitrogens with one attached hydrogen (secondary N) is 1. The van der Waals surface area contributed by atoms with E-state index < -0.39 is 10.0 Å². The second-order valence-corrected chi connectivity index (χ2v) is 5.71. The standard InChI is InChI=1S/C11H18N2O3S/c1-8-6-10(4-5-11(8)12)17(14,15)13-9(2)7-16-3/h4-6,9,13H,7,12H2,1-3H3. The molecule has 1 atom stereocenters. The van der Waals surface area contributed by atoms with Gasteiger partial charge in [-0.2, -0.15) is 0 Å². The number of rotatable bonds is 5. The van der Waals surface area contributed by atoms with Crippen molar-refractivity contribution in [3.05, 3.63) is 23.8 Å². The molecule has 5 nitrogen and oxygen atoms in total. The van der Waals surface area contributed by atoms with Crippen LogP contribution in [-0.4, -0.2) is 28.2 Å². The fraction of sp³-hybridized carbons (Fsp3) is 0.455. The molecule has 1 unspecified atom stereocenters. The molecule has 0 aliphatic heterocycles. The van der Waals surface area contributed by atoms with E-state index in [1.807, 2.05) is 0 Å². The summed E-state index contributed by atoms with van der Waals surface area (Å²) in [5.41, 5.74) is 6.97. The van der Waals surface area contributed by atoms with Crippen LogP contribution in [0.3, 0.4) is 0 Å². The van der Waals surface area contributed by atoms with Gasteiger partial charge in [-0.1, -0.05) is 0 Å². The van der Waals surface area contributed by atoms with Gasteiger partial charge < -0.3 is 10.5 Å². The van der Waals surface area contributed by atoms with Gasteiger partial charge in [-0.05, 0) is 37.6 Å². The van der Waals surface area contributed by atoms with Gasteiger partial charge in [0, 0.05) is 18.8 Å². The minimum absolute atomic E-state index is 0.215. The Morgan fingerprint density at radius 3 is 2.65 bits per heavy atom. The number of sulfonamides is 1. The molecule has 1 aromatic carbocycles. The van der Waals surface area contributed by atoms with Crippen LogP contribution in [0.25, 0.3) is 0 Å². The summed E-state index contributed by atoms with van der Waals surface area (Å²) in [6, 6.07) is 4.36. The molecule has 0 radical (unpaired) electrons. The van der Waals surface area contributed by atoms with Crippen molar-refractivity contribution < 1.29 is 13.2 Å². The first-order chi connectivity index (χ1) is 7.86. The molecule has 6 heteroatoms. The maximum Gasteiger partial charge on any atom is 0.240 e. The third kappa shape index (κ3) is 3.69. The Bertz CT molecular complexity index is 485. The van der Waals surface area contributed by atoms with Crippen LogP contribution in [0.4, 0.5) is 5.69 Å². The zero-order chi connectivity index (χ0) is 13.1. The van der Waals surface area contributed by atoms with E-state index >= 15 is 0 Å². The number of aryl methyl sites for hydroxylation is 1. The zero-order valence-electron chi connectivity index (χ0n) is 10.2. The molecular weight excluding hydrogens is 240 g/mol. The molecular formula is C11H18N2O3S. The van der Waals surface area contributed by atoms with Crippen molar-refractivity contribution >= 4 is 15.7 Å². The summed E-state index contributed by atoms with van der Waals surface area (Å²) in [7, 11) is -1.98. The first-order valence-corrected chi connectivity index (χ1v) is 6.72. The van der Waals surface area contributed by atoms with Gasteiger partial charge >= 0.3 is 0 Å². The van der Waals surface area contributed by atoms with Crippen molar-refractivity contribution in [1.82, 2.24) is 4.72 Å². The number of benzene rings is 1. The Balaban J connectivity index is 2.93. The molecule has 0 fully saturated rings. The van der Waals surface area contributed by atoms with Crippen molar-refractivity contribution in [2.45, 2.75) is 24.8 Å². The van der Waals surface area contributed by atoms with E-state index in [0.717, 1.165) is 5.56 Å². The van der Waals surface area contributed by atoms with Crippen molar-refractivity contribution in [1.29, 1.82) is 0 Å². The maximum atomic E-state index is 12.0. The van der Waals surface area contributed by atoms with Crippen LogP contribution in [0.1, 0.15) is 12.5 Å². The minimum Gasteiger partial charge on any atom is -0.399 e. The normalized spacial score (nSPS) is 13.6. The van der Waals surface area contributed by atoms with Crippen LogP contribution >= 0.6 is 0 Å². The maximum absolute atomic E-state index is 12.0. The van der Waals surface area contributed by atoms with Gasteiger partial charge in [0.05, 0.1) is 11.5 Å². The largest absolute Gasteiger partial charge is 0.399 e. The molecule has 0 amide bonds. The predicted molar refractivity (Wildman–Crippen MR) is 67.3 cm³/mol. The monoisotopic (exact) mass is 258 g/mol. The van der Waals surface area contributed by atoms with Gasteiger partial charge in [0.25, 0.3) is 0 Å². The summed E-state index contributed by atoms with van der Waals surface area (Å²) in [6.45, 7) is 3.84. The van der Waals surface area contributed by atoms with E-state index in [0.29, 0.717) is 12.3 Å². The summed E-state index contributed by atoms with van der Waals surface area (Å²) >= 11 is 0. The number of nitrogen functional groups attached to an aromatic ring is 1. The molecule has 0 saturated heterocycles. The second kappa shape index (κ2) is 5.48. The lowest BCUT2D eigenvalue weighted by Crippen LogP contribution is -2.35. The first kappa shape index (κ1) is 14.0. The molecule has 0 bridgehead atoms. The Kier molecular flexibility index (Phi) is 4.50. The fourth-order valence-electron chi connectivity index (χ4n) is 1.43. The van der Waals surface area contributed by atoms with E-state index in [1.165, 1.54) is 13.2 Å². The summed E-state index contributed by atoms with van der Waals surface area (Å²) in [4.78, 5) is 0.215. The third-order valence-corrected chi connectivity index (χ3v) is 3.91. The number of ether oxygens (including phenoxy) is 1. The summed E-state index contributed by atoms with van der Waals surface area (Å²) < 4.78 is 31.4. The number of anilines is 1. The molecule has 1 aromatic rings. The third-order valence-electron chi connectivity index (χ3n) is 2.32. The highest BCUT2D eigenvalue weighted by atomic mass is 32.2. The zero-order valence-corrected chi connectivity index (χ0v) is 11.0. The van der Waals surface area contributed by atoms with E-state index in [4.69, 9.17) is 10.5 Å². The highest BCUT2D eigenvalue weighted by Gasteiger charge is 2.17. The quantitative estimate of drug-likeness (QED) is 0.769. The molecule has 3 N–H and O–H groups in total. The molecule has 0 spiro atoms. The fourth-order valence-corrected chi connectivity index (χ4v) is 2.75. The van der Waals surface area contributed by atoms with E-state index in [9.17, 15) is 8.42 Å². The van der Waals surface area contributed by atoms with Gasteiger partial charge in [-0.15, -0.1) is 0 Å². The molecule has 0 aliphatic rings. The van der Waals surface area contributed by atoms with Crippen molar-refractivity contribution in [3.8, 4) is 0 Å². The molecule has 0 aromatic heterocycles. The summed E-state index contributed by atoms with van der Waals surface area (Å²) in [5.74, 6) is 0. The highest BCUT2D eigenvalue weighted by Crippen LogP contribution is 2.16. The van der Waals surface area contributed by atoms with Crippen LogP contribution in [0.15, 0.2) is 23.1 Å². The van der Waals surface area contributed by atoms with Crippen molar-refractivity contribution in [3.63, 3.8) is 0 Å². The van der Waals surface area contributed by atoms with Crippen LogP contribution < -0.4 is 10.5 Å². The average molecular weight is 258 g/mol. The lowest BCUT2D eigenvalue weighted by molar-refractivity contribution is 0.180. The highest BCUT2D eigenvalue weighted by molar-refractivity contribution is 7.89. The molecule has 0 saturated carbocycles. The Morgan fingerprint density at radius 1 is 1.47 bits per heavy atom. The van der Waals surface area contributed by atoms with E-state index in [2.05, 4.69) is 4.72 Å². The molecule has 96 valence electrons. The molecule has 1 rings (SSSR count). The topological polar surface area (TPSA) is 81.4 Å². The van der Waals surface area contributed by atoms with Crippen molar-refractivity contribution in [2.75, 3.05) is 19.5 Å². The van der Waals surface area contributed by atoms with Gasteiger partial charge in [0.15, 0.2) is 0 Å². The molecule has 17 heavy (non-hydrogen) atoms. The van der Waals surface area contributed by atoms with Gasteiger partial charge in [-0.25, -0.2) is 13.1 Å². The Hall–Kier alpha value is -1.11. The summed E-state index contributed by atoms with van der Waals surface area (Å²) in [5, 5.41) is 0. The Morgan fingerprint density at radius 2 is 2.12 bits per heavy atom. The van der Waals surface area contributed by atoms with Gasteiger partial charge in [-0.3, -0.25) is 0 Å². The lowest BCUT2D eigenvalue weighted by Gasteiger charge is -2.13. The average Bonchev–Trinajstić information content (AvgIpc) is 2.21. The predicted octanol–water partition coefficient (Wildman–Crippen LogP) is 0.890. The van der Waals surface area contributed by atoms with Crippen molar-refractivity contribution in [2.24, 2.45) is 0 Å². The van der Waals surface area contributed by atoms with Gasteiger partial charge in [0.1, 0.15) is 0 Å². The molecule has 0 aliphatic carbocycles. The summed E-state index contributed by atoms with van der Waals surface area (Å²) in [6.07, 6.45) is 0. The van der Waals surface area contributed by atoms with Crippen LogP contribution in [0, 0.1) is 6.92 Å². The lowest BCUT2D eigenvalue weighted by atomic mass is 10.2. The van der Waals surface area contributed by atoms with E-state index in [1.54, 1.807) is 26.0 Å². The van der Waals surface area contributed by atoms with Crippen LogP contribution in [0.2, 0.25) is 0 Å². The smallest absolute Gasteiger partial charge is 0.240 e. The van der Waals surface area contributed by atoms with E-state index in [-0.39, 0.29) is 10.9 Å². The minimum atomic E-state index is -3.51. The van der Waals surface area contributed by atoms with Gasteiger partial charge in [0.2, 0.25) is 10.0 Å². The first-order valence-electron chi connectivity index (χ1n) is 5.24. The number of methoxy groups -OCH3 is 1. The second-order valence-electron chi connectivity index (χ2n) is 4.00. The molecule has 0 heterocycles. The number of nitrogens with two attached hydrogens (primary N) is 1. The Labute approximate surface area is 102 Å². The van der Waals surface area contributed by atoms with Crippen LogP contribution in [0.5, 0.6) is 0 Å².